The van der Waals surface area contributed by atoms with Gasteiger partial charge in [0.15, 0.2) is 0 Å². The van der Waals surface area contributed by atoms with E-state index in [2.05, 4.69) is 17.2 Å². The molecule has 1 saturated carbocycles. The summed E-state index contributed by atoms with van der Waals surface area (Å²) in [6, 6.07) is 3.22. The van der Waals surface area contributed by atoms with E-state index in [4.69, 9.17) is 5.11 Å². The van der Waals surface area contributed by atoms with E-state index >= 15 is 0 Å². The molecule has 1 fully saturated rings. The van der Waals surface area contributed by atoms with Crippen LogP contribution < -0.4 is 5.32 Å². The fourth-order valence-electron chi connectivity index (χ4n) is 2.47. The van der Waals surface area contributed by atoms with Crippen molar-refractivity contribution in [3.8, 4) is 0 Å². The highest BCUT2D eigenvalue weighted by Gasteiger charge is 2.21. The van der Waals surface area contributed by atoms with Crippen molar-refractivity contribution in [2.45, 2.75) is 26.2 Å². The maximum atomic E-state index is 11.0. The van der Waals surface area contributed by atoms with Crippen LogP contribution in [0.3, 0.4) is 0 Å². The monoisotopic (exact) mass is 234 g/mol. The number of nitrogens with zero attached hydrogens (tertiary/aromatic N) is 1. The second-order valence-corrected chi connectivity index (χ2v) is 4.87. The molecule has 1 aromatic rings. The van der Waals surface area contributed by atoms with Crippen LogP contribution in [0.4, 0.5) is 5.82 Å². The van der Waals surface area contributed by atoms with Gasteiger partial charge in [-0.05, 0) is 36.8 Å². The molecule has 4 heteroatoms. The van der Waals surface area contributed by atoms with Gasteiger partial charge in [0, 0.05) is 12.7 Å². The molecule has 0 radical (unpaired) electrons. The first-order valence-corrected chi connectivity index (χ1v) is 6.09. The van der Waals surface area contributed by atoms with E-state index in [9.17, 15) is 4.79 Å². The summed E-state index contributed by atoms with van der Waals surface area (Å²) in [7, 11) is 0. The Bertz CT molecular complexity index is 406. The predicted octanol–water partition coefficient (Wildman–Crippen LogP) is 2.63. The fraction of sp³-hybridized carbons (Fsp3) is 0.538. The third-order valence-electron chi connectivity index (χ3n) is 3.40. The largest absolute Gasteiger partial charge is 0.478 e. The SMILES string of the molecule is CC1CCC(CNc2ncccc2C(=O)O)C1. The van der Waals surface area contributed by atoms with Crippen molar-refractivity contribution in [2.24, 2.45) is 11.8 Å². The first kappa shape index (κ1) is 11.9. The molecule has 0 saturated heterocycles. The summed E-state index contributed by atoms with van der Waals surface area (Å²) in [5.74, 6) is 0.998. The fourth-order valence-corrected chi connectivity index (χ4v) is 2.47. The third kappa shape index (κ3) is 2.96. The second kappa shape index (κ2) is 5.17. The van der Waals surface area contributed by atoms with Gasteiger partial charge in [-0.15, -0.1) is 0 Å². The minimum Gasteiger partial charge on any atom is -0.478 e. The lowest BCUT2D eigenvalue weighted by atomic mass is 10.1. The van der Waals surface area contributed by atoms with E-state index in [0.717, 1.165) is 12.5 Å². The molecule has 1 aliphatic rings. The highest BCUT2D eigenvalue weighted by molar-refractivity contribution is 5.92. The van der Waals surface area contributed by atoms with Crippen LogP contribution in [0.5, 0.6) is 0 Å². The van der Waals surface area contributed by atoms with Crippen molar-refractivity contribution in [1.29, 1.82) is 0 Å². The van der Waals surface area contributed by atoms with Gasteiger partial charge in [-0.25, -0.2) is 9.78 Å². The minimum atomic E-state index is -0.930. The maximum absolute atomic E-state index is 11.0. The standard InChI is InChI=1S/C13H18N2O2/c1-9-4-5-10(7-9)8-15-12-11(13(16)17)3-2-6-14-12/h2-3,6,9-10H,4-5,7-8H2,1H3,(H,14,15)(H,16,17). The van der Waals surface area contributed by atoms with E-state index in [1.54, 1.807) is 18.3 Å². The molecule has 2 atom stereocenters. The van der Waals surface area contributed by atoms with Crippen LogP contribution in [0, 0.1) is 11.8 Å². The zero-order valence-corrected chi connectivity index (χ0v) is 10.0. The van der Waals surface area contributed by atoms with Crippen LogP contribution in [-0.4, -0.2) is 22.6 Å². The van der Waals surface area contributed by atoms with Gasteiger partial charge >= 0.3 is 5.97 Å². The zero-order chi connectivity index (χ0) is 12.3. The predicted molar refractivity (Wildman–Crippen MR) is 66.2 cm³/mol. The molecule has 2 unspecified atom stereocenters. The van der Waals surface area contributed by atoms with Crippen molar-refractivity contribution < 1.29 is 9.90 Å². The molecule has 0 aromatic carbocycles. The van der Waals surface area contributed by atoms with Gasteiger partial charge in [-0.3, -0.25) is 0 Å². The number of carboxylic acids is 1. The number of hydrogen-bond acceptors (Lipinski definition) is 3. The number of anilines is 1. The van der Waals surface area contributed by atoms with E-state index in [1.165, 1.54) is 19.3 Å². The first-order valence-electron chi connectivity index (χ1n) is 6.09. The number of rotatable bonds is 4. The topological polar surface area (TPSA) is 62.2 Å². The summed E-state index contributed by atoms with van der Waals surface area (Å²) in [4.78, 5) is 15.1. The maximum Gasteiger partial charge on any atom is 0.339 e. The molecule has 0 bridgehead atoms. The summed E-state index contributed by atoms with van der Waals surface area (Å²) in [5.41, 5.74) is 0.249. The molecule has 17 heavy (non-hydrogen) atoms. The van der Waals surface area contributed by atoms with Crippen LogP contribution in [0.2, 0.25) is 0 Å². The zero-order valence-electron chi connectivity index (χ0n) is 10.0. The molecule has 0 spiro atoms. The Morgan fingerprint density at radius 1 is 1.59 bits per heavy atom. The molecule has 1 heterocycles. The Morgan fingerprint density at radius 2 is 2.41 bits per heavy atom. The number of carboxylic acid groups (broad SMARTS) is 1. The van der Waals surface area contributed by atoms with Crippen molar-refractivity contribution in [3.63, 3.8) is 0 Å². The highest BCUT2D eigenvalue weighted by Crippen LogP contribution is 2.30. The molecule has 2 rings (SSSR count). The van der Waals surface area contributed by atoms with E-state index in [-0.39, 0.29) is 5.56 Å². The molecule has 0 amide bonds. The van der Waals surface area contributed by atoms with Crippen LogP contribution in [0.1, 0.15) is 36.5 Å². The number of carbonyl (C=O) groups is 1. The molecule has 0 aliphatic heterocycles. The average molecular weight is 234 g/mol. The number of aromatic carboxylic acids is 1. The number of aromatic nitrogens is 1. The van der Waals surface area contributed by atoms with Crippen molar-refractivity contribution in [2.75, 3.05) is 11.9 Å². The Hall–Kier alpha value is -1.58. The Morgan fingerprint density at radius 3 is 3.06 bits per heavy atom. The first-order chi connectivity index (χ1) is 8.16. The molecule has 4 nitrogen and oxygen atoms in total. The highest BCUT2D eigenvalue weighted by atomic mass is 16.4. The van der Waals surface area contributed by atoms with E-state index in [0.29, 0.717) is 11.7 Å². The smallest absolute Gasteiger partial charge is 0.339 e. The van der Waals surface area contributed by atoms with Gasteiger partial charge in [0.1, 0.15) is 11.4 Å². The Kier molecular flexibility index (Phi) is 3.61. The molecule has 1 aliphatic carbocycles. The van der Waals surface area contributed by atoms with Gasteiger partial charge in [-0.1, -0.05) is 13.3 Å². The van der Waals surface area contributed by atoms with Crippen LogP contribution in [0.15, 0.2) is 18.3 Å². The lowest BCUT2D eigenvalue weighted by Crippen LogP contribution is -2.15. The molecule has 92 valence electrons. The van der Waals surface area contributed by atoms with Gasteiger partial charge < -0.3 is 10.4 Å². The number of nitrogens with one attached hydrogen (secondary N) is 1. The second-order valence-electron chi connectivity index (χ2n) is 4.87. The number of pyridine rings is 1. The van der Waals surface area contributed by atoms with Gasteiger partial charge in [0.2, 0.25) is 0 Å². The molecular weight excluding hydrogens is 216 g/mol. The van der Waals surface area contributed by atoms with Gasteiger partial charge in [-0.2, -0.15) is 0 Å². The van der Waals surface area contributed by atoms with Crippen LogP contribution >= 0.6 is 0 Å². The quantitative estimate of drug-likeness (QED) is 0.840. The van der Waals surface area contributed by atoms with Crippen molar-refractivity contribution >= 4 is 11.8 Å². The molecular formula is C13H18N2O2. The van der Waals surface area contributed by atoms with Crippen molar-refractivity contribution in [3.05, 3.63) is 23.9 Å². The minimum absolute atomic E-state index is 0.249. The lowest BCUT2D eigenvalue weighted by Gasteiger charge is -2.12. The van der Waals surface area contributed by atoms with E-state index in [1.807, 2.05) is 0 Å². The molecule has 1 aromatic heterocycles. The average Bonchev–Trinajstić information content (AvgIpc) is 2.73. The summed E-state index contributed by atoms with van der Waals surface area (Å²) < 4.78 is 0. The van der Waals surface area contributed by atoms with Crippen molar-refractivity contribution in [1.82, 2.24) is 4.98 Å². The molecule has 2 N–H and O–H groups in total. The number of hydrogen-bond donors (Lipinski definition) is 2. The van der Waals surface area contributed by atoms with Crippen LogP contribution in [0.25, 0.3) is 0 Å². The normalized spacial score (nSPS) is 23.6. The summed E-state index contributed by atoms with van der Waals surface area (Å²) >= 11 is 0. The van der Waals surface area contributed by atoms with Crippen LogP contribution in [-0.2, 0) is 0 Å². The van der Waals surface area contributed by atoms with Gasteiger partial charge in [0.25, 0.3) is 0 Å². The summed E-state index contributed by atoms with van der Waals surface area (Å²) in [5, 5.41) is 12.2. The van der Waals surface area contributed by atoms with Gasteiger partial charge in [0.05, 0.1) is 0 Å². The summed E-state index contributed by atoms with van der Waals surface area (Å²) in [6.45, 7) is 3.09. The van der Waals surface area contributed by atoms with E-state index < -0.39 is 5.97 Å². The lowest BCUT2D eigenvalue weighted by molar-refractivity contribution is 0.0697. The third-order valence-corrected chi connectivity index (χ3v) is 3.40. The Balaban J connectivity index is 1.97. The Labute approximate surface area is 101 Å². The summed E-state index contributed by atoms with van der Waals surface area (Å²) in [6.07, 6.45) is 5.35.